The van der Waals surface area contributed by atoms with E-state index in [1.807, 2.05) is 36.4 Å². The predicted octanol–water partition coefficient (Wildman–Crippen LogP) is 4.39. The van der Waals surface area contributed by atoms with Crippen molar-refractivity contribution in [2.75, 3.05) is 14.2 Å². The van der Waals surface area contributed by atoms with E-state index in [-0.39, 0.29) is 11.5 Å². The standard InChI is InChI=1S/C21H22O5/c1-24-19-11-15-4-8-17(23)13-16(22)7-3-14-5-9-18(10-6-14)26-20(12-15)21(19)25-2/h5-6,9-13,23H,3-4,7-8H2,1-2H3/b17-13+. The van der Waals surface area contributed by atoms with E-state index in [1.54, 1.807) is 14.2 Å². The van der Waals surface area contributed by atoms with Crippen LogP contribution in [0.1, 0.15) is 24.0 Å². The molecule has 2 aromatic rings. The number of hydrogen-bond acceptors (Lipinski definition) is 5. The number of carbonyl (C=O) groups excluding carboxylic acids is 1. The van der Waals surface area contributed by atoms with Crippen LogP contribution in [-0.4, -0.2) is 25.1 Å². The minimum atomic E-state index is -0.0781. The van der Waals surface area contributed by atoms with Gasteiger partial charge in [0.25, 0.3) is 0 Å². The van der Waals surface area contributed by atoms with Gasteiger partial charge in [-0.15, -0.1) is 0 Å². The highest BCUT2D eigenvalue weighted by Crippen LogP contribution is 2.41. The number of hydrogen-bond donors (Lipinski definition) is 1. The Kier molecular flexibility index (Phi) is 5.46. The van der Waals surface area contributed by atoms with Gasteiger partial charge in [-0.1, -0.05) is 12.1 Å². The lowest BCUT2D eigenvalue weighted by atomic mass is 10.1. The fourth-order valence-corrected chi connectivity index (χ4v) is 2.93. The lowest BCUT2D eigenvalue weighted by Crippen LogP contribution is -1.99. The zero-order valence-corrected chi connectivity index (χ0v) is 15.0. The van der Waals surface area contributed by atoms with E-state index in [2.05, 4.69) is 0 Å². The van der Waals surface area contributed by atoms with E-state index in [9.17, 15) is 9.90 Å². The molecule has 136 valence electrons. The number of aryl methyl sites for hydroxylation is 2. The number of aliphatic hydroxyl groups excluding tert-OH is 1. The molecule has 5 nitrogen and oxygen atoms in total. The van der Waals surface area contributed by atoms with Crippen LogP contribution < -0.4 is 14.2 Å². The molecule has 2 aliphatic rings. The van der Waals surface area contributed by atoms with Crippen molar-refractivity contribution >= 4 is 5.78 Å². The number of ether oxygens (including phenoxy) is 3. The molecule has 2 heterocycles. The van der Waals surface area contributed by atoms with Crippen LogP contribution in [0.3, 0.4) is 0 Å². The van der Waals surface area contributed by atoms with Crippen LogP contribution in [0, 0.1) is 0 Å². The Hall–Kier alpha value is -2.95. The highest BCUT2D eigenvalue weighted by molar-refractivity contribution is 5.90. The predicted molar refractivity (Wildman–Crippen MR) is 98.4 cm³/mol. The highest BCUT2D eigenvalue weighted by Gasteiger charge is 2.15. The first-order chi connectivity index (χ1) is 12.6. The minimum absolute atomic E-state index is 0.0781. The van der Waals surface area contributed by atoms with Crippen LogP contribution in [0.15, 0.2) is 48.2 Å². The molecule has 0 aliphatic carbocycles. The Balaban J connectivity index is 2.05. The van der Waals surface area contributed by atoms with Gasteiger partial charge in [0, 0.05) is 18.9 Å². The molecule has 0 fully saturated rings. The molecule has 0 spiro atoms. The quantitative estimate of drug-likeness (QED) is 0.867. The molecular weight excluding hydrogens is 332 g/mol. The average molecular weight is 354 g/mol. The summed E-state index contributed by atoms with van der Waals surface area (Å²) in [5.74, 6) is 2.29. The van der Waals surface area contributed by atoms with E-state index in [1.165, 1.54) is 6.08 Å². The summed E-state index contributed by atoms with van der Waals surface area (Å²) in [6, 6.07) is 11.3. The fourth-order valence-electron chi connectivity index (χ4n) is 2.93. The summed E-state index contributed by atoms with van der Waals surface area (Å²) in [7, 11) is 3.13. The van der Waals surface area contributed by atoms with Crippen molar-refractivity contribution in [2.24, 2.45) is 0 Å². The summed E-state index contributed by atoms with van der Waals surface area (Å²) in [4.78, 5) is 12.0. The van der Waals surface area contributed by atoms with E-state index < -0.39 is 0 Å². The molecule has 0 radical (unpaired) electrons. The normalized spacial score (nSPS) is 16.7. The van der Waals surface area contributed by atoms with Gasteiger partial charge in [-0.3, -0.25) is 4.79 Å². The summed E-state index contributed by atoms with van der Waals surface area (Å²) >= 11 is 0. The first kappa shape index (κ1) is 17.9. The summed E-state index contributed by atoms with van der Waals surface area (Å²) in [6.45, 7) is 0. The van der Waals surface area contributed by atoms with Gasteiger partial charge in [0.05, 0.1) is 20.0 Å². The number of aliphatic hydroxyl groups is 1. The van der Waals surface area contributed by atoms with E-state index in [0.717, 1.165) is 11.1 Å². The Morgan fingerprint density at radius 2 is 1.65 bits per heavy atom. The van der Waals surface area contributed by atoms with Gasteiger partial charge >= 0.3 is 0 Å². The number of rotatable bonds is 2. The van der Waals surface area contributed by atoms with Crippen LogP contribution in [0.5, 0.6) is 23.0 Å². The highest BCUT2D eigenvalue weighted by atomic mass is 16.5. The fraction of sp³-hybridized carbons (Fsp3) is 0.286. The molecular formula is C21H22O5. The molecule has 0 atom stereocenters. The van der Waals surface area contributed by atoms with Crippen molar-refractivity contribution in [1.29, 1.82) is 0 Å². The molecule has 4 bridgehead atoms. The van der Waals surface area contributed by atoms with Crippen LogP contribution in [0.4, 0.5) is 0 Å². The zero-order valence-electron chi connectivity index (χ0n) is 15.0. The first-order valence-electron chi connectivity index (χ1n) is 8.53. The van der Waals surface area contributed by atoms with Crippen molar-refractivity contribution in [3.8, 4) is 23.0 Å². The Morgan fingerprint density at radius 1 is 0.923 bits per heavy atom. The first-order valence-corrected chi connectivity index (χ1v) is 8.53. The van der Waals surface area contributed by atoms with Gasteiger partial charge in [0.2, 0.25) is 5.75 Å². The van der Waals surface area contributed by atoms with Gasteiger partial charge in [-0.2, -0.15) is 0 Å². The number of fused-ring (bicyclic) bond motifs is 7. The third-order valence-corrected chi connectivity index (χ3v) is 4.31. The second-order valence-corrected chi connectivity index (χ2v) is 6.18. The molecule has 1 N–H and O–H groups in total. The van der Waals surface area contributed by atoms with E-state index >= 15 is 0 Å². The van der Waals surface area contributed by atoms with Crippen molar-refractivity contribution in [3.05, 3.63) is 59.4 Å². The maximum Gasteiger partial charge on any atom is 0.203 e. The molecule has 4 rings (SSSR count). The molecule has 26 heavy (non-hydrogen) atoms. The third kappa shape index (κ3) is 4.17. The monoisotopic (exact) mass is 354 g/mol. The molecule has 2 aliphatic heterocycles. The van der Waals surface area contributed by atoms with Crippen molar-refractivity contribution < 1.29 is 24.1 Å². The SMILES string of the molecule is COc1cc2cc(c1OC)Oc1ccc(cc1)CCC(=O)/C=C(/O)CC2. The molecule has 0 aromatic heterocycles. The lowest BCUT2D eigenvalue weighted by Gasteiger charge is -2.16. The van der Waals surface area contributed by atoms with Crippen molar-refractivity contribution in [3.63, 3.8) is 0 Å². The second-order valence-electron chi connectivity index (χ2n) is 6.18. The number of carbonyl (C=O) groups is 1. The van der Waals surface area contributed by atoms with Crippen LogP contribution >= 0.6 is 0 Å². The maximum absolute atomic E-state index is 12.0. The zero-order chi connectivity index (χ0) is 18.5. The van der Waals surface area contributed by atoms with Gasteiger partial charge in [-0.25, -0.2) is 0 Å². The van der Waals surface area contributed by atoms with Crippen molar-refractivity contribution in [1.82, 2.24) is 0 Å². The molecule has 0 amide bonds. The van der Waals surface area contributed by atoms with Crippen LogP contribution in [0.2, 0.25) is 0 Å². The Bertz CT molecular complexity index is 821. The topological polar surface area (TPSA) is 65.0 Å². The summed E-state index contributed by atoms with van der Waals surface area (Å²) in [5.41, 5.74) is 1.95. The second kappa shape index (κ2) is 7.95. The number of benzene rings is 2. The molecule has 0 saturated heterocycles. The van der Waals surface area contributed by atoms with Gasteiger partial charge in [-0.05, 0) is 48.2 Å². The number of methoxy groups -OCH3 is 2. The molecule has 5 heteroatoms. The van der Waals surface area contributed by atoms with Gasteiger partial charge in [0.15, 0.2) is 17.3 Å². The van der Waals surface area contributed by atoms with Gasteiger partial charge < -0.3 is 19.3 Å². The molecule has 0 saturated carbocycles. The van der Waals surface area contributed by atoms with Crippen LogP contribution in [-0.2, 0) is 17.6 Å². The van der Waals surface area contributed by atoms with E-state index in [0.29, 0.717) is 48.7 Å². The average Bonchev–Trinajstić information content (AvgIpc) is 2.65. The summed E-state index contributed by atoms with van der Waals surface area (Å²) < 4.78 is 16.9. The Labute approximate surface area is 152 Å². The van der Waals surface area contributed by atoms with Gasteiger partial charge in [0.1, 0.15) is 5.75 Å². The van der Waals surface area contributed by atoms with E-state index in [4.69, 9.17) is 14.2 Å². The lowest BCUT2D eigenvalue weighted by molar-refractivity contribution is -0.114. The number of allylic oxidation sites excluding steroid dienone is 2. The smallest absolute Gasteiger partial charge is 0.203 e. The van der Waals surface area contributed by atoms with Crippen molar-refractivity contribution in [2.45, 2.75) is 25.7 Å². The largest absolute Gasteiger partial charge is 0.512 e. The number of ketones is 1. The maximum atomic E-state index is 12.0. The summed E-state index contributed by atoms with van der Waals surface area (Å²) in [5, 5.41) is 10.0. The summed E-state index contributed by atoms with van der Waals surface area (Å²) in [6.07, 6.45) is 3.22. The minimum Gasteiger partial charge on any atom is -0.512 e. The molecule has 2 aromatic carbocycles. The van der Waals surface area contributed by atoms with Crippen LogP contribution in [0.25, 0.3) is 0 Å². The third-order valence-electron chi connectivity index (χ3n) is 4.31. The molecule has 0 unspecified atom stereocenters. The Morgan fingerprint density at radius 3 is 2.35 bits per heavy atom.